The highest BCUT2D eigenvalue weighted by molar-refractivity contribution is 8.23. The Kier molecular flexibility index (Phi) is 3.84. The second-order valence-electron chi connectivity index (χ2n) is 4.09. The number of nitrogens with zero attached hydrogens (tertiary/aromatic N) is 1. The van der Waals surface area contributed by atoms with Gasteiger partial charge in [0.15, 0.2) is 0 Å². The topological polar surface area (TPSA) is 84.6 Å². The molecule has 96 valence electrons. The molecule has 2 rings (SSSR count). The lowest BCUT2D eigenvalue weighted by molar-refractivity contribution is 0.307. The van der Waals surface area contributed by atoms with Gasteiger partial charge in [-0.15, -0.1) is 0 Å². The van der Waals surface area contributed by atoms with E-state index in [4.69, 9.17) is 16.6 Å². The van der Waals surface area contributed by atoms with Crippen LogP contribution in [0.25, 0.3) is 4.91 Å². The summed E-state index contributed by atoms with van der Waals surface area (Å²) in [7, 11) is -0.151. The van der Waals surface area contributed by atoms with E-state index in [0.717, 1.165) is 21.9 Å². The molecule has 0 amide bonds. The minimum Gasteiger partial charge on any atom is -0.399 e. The standard InChI is InChI=1S/C13H17N3OS/c1-18-8-10(16-4-5-17)7-13(18)11-6-9(14)2-3-12(11)15/h2-3,6-7,17H,1,4-5,8,14-15H2. The first kappa shape index (κ1) is 12.9. The molecule has 0 fully saturated rings. The Morgan fingerprint density at radius 2 is 2.17 bits per heavy atom. The number of aliphatic hydroxyl groups is 1. The lowest BCUT2D eigenvalue weighted by Gasteiger charge is -2.09. The zero-order valence-electron chi connectivity index (χ0n) is 10.1. The maximum absolute atomic E-state index is 8.78. The summed E-state index contributed by atoms with van der Waals surface area (Å²) in [5.41, 5.74) is 15.1. The van der Waals surface area contributed by atoms with Crippen LogP contribution in [0.2, 0.25) is 0 Å². The minimum atomic E-state index is -0.151. The lowest BCUT2D eigenvalue weighted by atomic mass is 10.1. The molecule has 18 heavy (non-hydrogen) atoms. The quantitative estimate of drug-likeness (QED) is 0.568. The molecule has 1 aliphatic heterocycles. The highest BCUT2D eigenvalue weighted by atomic mass is 32.2. The fourth-order valence-corrected chi connectivity index (χ4v) is 3.32. The SMILES string of the molecule is C=S1CC(=NCCO)C=C1c1cc(N)ccc1N. The molecule has 0 spiro atoms. The van der Waals surface area contributed by atoms with Gasteiger partial charge in [0.1, 0.15) is 0 Å². The first-order valence-corrected chi connectivity index (χ1v) is 7.20. The van der Waals surface area contributed by atoms with E-state index in [1.807, 2.05) is 18.2 Å². The molecule has 0 saturated carbocycles. The van der Waals surface area contributed by atoms with Crippen LogP contribution in [-0.4, -0.2) is 35.6 Å². The number of benzene rings is 1. The van der Waals surface area contributed by atoms with Gasteiger partial charge in [-0.2, -0.15) is 10.5 Å². The Balaban J connectivity index is 2.38. The second kappa shape index (κ2) is 5.37. The second-order valence-corrected chi connectivity index (χ2v) is 5.80. The van der Waals surface area contributed by atoms with E-state index < -0.39 is 0 Å². The van der Waals surface area contributed by atoms with Crippen LogP contribution in [0.1, 0.15) is 5.56 Å². The summed E-state index contributed by atoms with van der Waals surface area (Å²) in [5, 5.41) is 8.78. The number of aliphatic hydroxyl groups excluding tert-OH is 1. The van der Waals surface area contributed by atoms with Crippen LogP contribution in [0.3, 0.4) is 0 Å². The zero-order chi connectivity index (χ0) is 13.1. The van der Waals surface area contributed by atoms with Crippen LogP contribution in [-0.2, 0) is 0 Å². The summed E-state index contributed by atoms with van der Waals surface area (Å²) in [6.45, 7) is 0.501. The average Bonchev–Trinajstić information content (AvgIpc) is 2.71. The molecular weight excluding hydrogens is 246 g/mol. The molecule has 1 heterocycles. The van der Waals surface area contributed by atoms with Gasteiger partial charge in [-0.1, -0.05) is 5.87 Å². The Morgan fingerprint density at radius 3 is 2.89 bits per heavy atom. The average molecular weight is 263 g/mol. The molecule has 1 aromatic carbocycles. The number of nitrogens with two attached hydrogens (primary N) is 2. The van der Waals surface area contributed by atoms with Crippen molar-refractivity contribution in [2.45, 2.75) is 0 Å². The maximum atomic E-state index is 8.78. The van der Waals surface area contributed by atoms with Crippen LogP contribution in [0.15, 0.2) is 29.3 Å². The predicted octanol–water partition coefficient (Wildman–Crippen LogP) is 1.34. The first-order valence-electron chi connectivity index (χ1n) is 5.63. The number of hydrogen-bond donors (Lipinski definition) is 3. The van der Waals surface area contributed by atoms with Crippen molar-refractivity contribution in [3.8, 4) is 0 Å². The van der Waals surface area contributed by atoms with Gasteiger partial charge in [-0.3, -0.25) is 4.99 Å². The third kappa shape index (κ3) is 2.63. The van der Waals surface area contributed by atoms with Crippen LogP contribution < -0.4 is 11.5 Å². The highest BCUT2D eigenvalue weighted by Gasteiger charge is 2.17. The maximum Gasteiger partial charge on any atom is 0.0627 e. The van der Waals surface area contributed by atoms with Gasteiger partial charge in [0.05, 0.1) is 13.2 Å². The van der Waals surface area contributed by atoms with Crippen LogP contribution in [0.4, 0.5) is 11.4 Å². The van der Waals surface area contributed by atoms with Crippen molar-refractivity contribution in [1.29, 1.82) is 0 Å². The monoisotopic (exact) mass is 263 g/mol. The third-order valence-corrected chi connectivity index (χ3v) is 4.29. The van der Waals surface area contributed by atoms with Crippen molar-refractivity contribution >= 4 is 38.3 Å². The molecule has 1 atom stereocenters. The van der Waals surface area contributed by atoms with E-state index >= 15 is 0 Å². The van der Waals surface area contributed by atoms with Crippen LogP contribution in [0.5, 0.6) is 0 Å². The molecule has 5 N–H and O–H groups in total. The molecule has 0 radical (unpaired) electrons. The molecule has 1 aromatic rings. The number of nitrogen functional groups attached to an aromatic ring is 2. The summed E-state index contributed by atoms with van der Waals surface area (Å²) >= 11 is 0. The van der Waals surface area contributed by atoms with Crippen molar-refractivity contribution in [3.05, 3.63) is 29.8 Å². The molecule has 4 nitrogen and oxygen atoms in total. The molecule has 1 aliphatic rings. The molecule has 0 bridgehead atoms. The van der Waals surface area contributed by atoms with Gasteiger partial charge in [0.25, 0.3) is 0 Å². The number of allylic oxidation sites excluding steroid dienone is 1. The molecule has 0 aliphatic carbocycles. The smallest absolute Gasteiger partial charge is 0.0627 e. The van der Waals surface area contributed by atoms with Gasteiger partial charge in [0, 0.05) is 33.3 Å². The van der Waals surface area contributed by atoms with Gasteiger partial charge in [0.2, 0.25) is 0 Å². The van der Waals surface area contributed by atoms with E-state index in [0.29, 0.717) is 17.9 Å². The fraction of sp³-hybridized carbons (Fsp3) is 0.231. The largest absolute Gasteiger partial charge is 0.399 e. The van der Waals surface area contributed by atoms with Crippen molar-refractivity contribution in [1.82, 2.24) is 0 Å². The lowest BCUT2D eigenvalue weighted by Crippen LogP contribution is -1.97. The highest BCUT2D eigenvalue weighted by Crippen LogP contribution is 2.40. The number of aliphatic imine (C=N–C) groups is 1. The van der Waals surface area contributed by atoms with E-state index in [1.54, 1.807) is 6.07 Å². The number of anilines is 2. The van der Waals surface area contributed by atoms with Crippen molar-refractivity contribution in [2.24, 2.45) is 4.99 Å². The third-order valence-electron chi connectivity index (χ3n) is 2.69. The van der Waals surface area contributed by atoms with Gasteiger partial charge >= 0.3 is 0 Å². The molecule has 5 heteroatoms. The summed E-state index contributed by atoms with van der Waals surface area (Å²) in [6, 6.07) is 5.48. The molecule has 1 unspecified atom stereocenters. The van der Waals surface area contributed by atoms with E-state index in [9.17, 15) is 0 Å². The van der Waals surface area contributed by atoms with E-state index in [2.05, 4.69) is 10.9 Å². The van der Waals surface area contributed by atoms with Gasteiger partial charge in [-0.05, 0) is 24.3 Å². The normalized spacial score (nSPS) is 21.3. The number of rotatable bonds is 3. The first-order chi connectivity index (χ1) is 8.61. The van der Waals surface area contributed by atoms with Crippen molar-refractivity contribution < 1.29 is 5.11 Å². The Bertz CT molecular complexity index is 549. The fourth-order valence-electron chi connectivity index (χ4n) is 1.84. The Morgan fingerprint density at radius 1 is 1.39 bits per heavy atom. The minimum absolute atomic E-state index is 0.0675. The van der Waals surface area contributed by atoms with Crippen molar-refractivity contribution in [3.63, 3.8) is 0 Å². The zero-order valence-corrected chi connectivity index (χ0v) is 10.9. The molecule has 0 saturated heterocycles. The van der Waals surface area contributed by atoms with Gasteiger partial charge in [-0.25, -0.2) is 0 Å². The summed E-state index contributed by atoms with van der Waals surface area (Å²) < 4.78 is 0. The van der Waals surface area contributed by atoms with Crippen LogP contribution in [0, 0.1) is 0 Å². The van der Waals surface area contributed by atoms with Crippen LogP contribution >= 0.6 is 10.5 Å². The van der Waals surface area contributed by atoms with E-state index in [-0.39, 0.29) is 17.1 Å². The van der Waals surface area contributed by atoms with Crippen molar-refractivity contribution in [2.75, 3.05) is 30.4 Å². The Hall–Kier alpha value is -1.59. The Labute approximate surface area is 109 Å². The summed E-state index contributed by atoms with van der Waals surface area (Å²) in [4.78, 5) is 5.40. The predicted molar refractivity (Wildman–Crippen MR) is 82.2 cm³/mol. The molecular formula is C13H17N3OS. The van der Waals surface area contributed by atoms with Gasteiger partial charge < -0.3 is 16.6 Å². The summed E-state index contributed by atoms with van der Waals surface area (Å²) in [5.74, 6) is 4.95. The number of hydrogen-bond acceptors (Lipinski definition) is 4. The van der Waals surface area contributed by atoms with E-state index in [1.165, 1.54) is 0 Å². The molecule has 0 aromatic heterocycles. The summed E-state index contributed by atoms with van der Waals surface area (Å²) in [6.07, 6.45) is 2.01.